The SMILES string of the molecule is Cc1ccc(NC(=O)[C@H](C)Oc2ccc(C(=O)Nc3ccc(C)cc3C)cc2)cc1. The molecule has 30 heavy (non-hydrogen) atoms. The number of nitrogens with one attached hydrogen (secondary N) is 2. The van der Waals surface area contributed by atoms with Gasteiger partial charge >= 0.3 is 0 Å². The number of carbonyl (C=O) groups is 2. The van der Waals surface area contributed by atoms with E-state index in [0.717, 1.165) is 28.1 Å². The summed E-state index contributed by atoms with van der Waals surface area (Å²) in [5.41, 5.74) is 5.30. The van der Waals surface area contributed by atoms with E-state index in [1.165, 1.54) is 0 Å². The molecule has 0 fully saturated rings. The van der Waals surface area contributed by atoms with Crippen molar-refractivity contribution in [1.82, 2.24) is 0 Å². The Morgan fingerprint density at radius 1 is 0.800 bits per heavy atom. The molecule has 5 nitrogen and oxygen atoms in total. The van der Waals surface area contributed by atoms with Gasteiger partial charge in [0, 0.05) is 16.9 Å². The molecule has 3 aromatic carbocycles. The molecular weight excluding hydrogens is 376 g/mol. The number of carbonyl (C=O) groups excluding carboxylic acids is 2. The van der Waals surface area contributed by atoms with E-state index < -0.39 is 6.10 Å². The van der Waals surface area contributed by atoms with E-state index in [-0.39, 0.29) is 11.8 Å². The number of benzene rings is 3. The van der Waals surface area contributed by atoms with E-state index in [4.69, 9.17) is 4.74 Å². The molecular formula is C25H26N2O3. The maximum Gasteiger partial charge on any atom is 0.265 e. The largest absolute Gasteiger partial charge is 0.481 e. The number of hydrogen-bond acceptors (Lipinski definition) is 3. The summed E-state index contributed by atoms with van der Waals surface area (Å²) in [6, 6.07) is 20.2. The second-order valence-electron chi connectivity index (χ2n) is 7.41. The van der Waals surface area contributed by atoms with Crippen molar-refractivity contribution in [2.45, 2.75) is 33.8 Å². The molecule has 0 unspecified atom stereocenters. The van der Waals surface area contributed by atoms with Crippen LogP contribution < -0.4 is 15.4 Å². The Balaban J connectivity index is 1.58. The third-order valence-corrected chi connectivity index (χ3v) is 4.75. The second-order valence-corrected chi connectivity index (χ2v) is 7.41. The molecule has 154 valence electrons. The Labute approximate surface area is 177 Å². The molecule has 0 bridgehead atoms. The average Bonchev–Trinajstić information content (AvgIpc) is 2.72. The fourth-order valence-corrected chi connectivity index (χ4v) is 2.97. The summed E-state index contributed by atoms with van der Waals surface area (Å²) < 4.78 is 5.71. The lowest BCUT2D eigenvalue weighted by molar-refractivity contribution is -0.122. The van der Waals surface area contributed by atoms with Gasteiger partial charge in [-0.2, -0.15) is 0 Å². The van der Waals surface area contributed by atoms with Crippen LogP contribution in [0, 0.1) is 20.8 Å². The monoisotopic (exact) mass is 402 g/mol. The minimum atomic E-state index is -0.679. The summed E-state index contributed by atoms with van der Waals surface area (Å²) in [4.78, 5) is 24.8. The zero-order valence-electron chi connectivity index (χ0n) is 17.7. The van der Waals surface area contributed by atoms with Gasteiger partial charge in [0.05, 0.1) is 0 Å². The van der Waals surface area contributed by atoms with Crippen molar-refractivity contribution in [2.75, 3.05) is 10.6 Å². The molecule has 1 atom stereocenters. The van der Waals surface area contributed by atoms with Crippen molar-refractivity contribution in [3.8, 4) is 5.75 Å². The minimum Gasteiger partial charge on any atom is -0.481 e. The maximum absolute atomic E-state index is 12.5. The minimum absolute atomic E-state index is 0.196. The van der Waals surface area contributed by atoms with Gasteiger partial charge in [0.2, 0.25) is 0 Å². The third kappa shape index (κ3) is 5.47. The first kappa shape index (κ1) is 21.1. The molecule has 0 saturated heterocycles. The Hall–Kier alpha value is -3.60. The topological polar surface area (TPSA) is 67.4 Å². The molecule has 0 aliphatic rings. The molecule has 0 radical (unpaired) electrons. The predicted molar refractivity (Wildman–Crippen MR) is 120 cm³/mol. The number of anilines is 2. The van der Waals surface area contributed by atoms with Crippen molar-refractivity contribution in [2.24, 2.45) is 0 Å². The number of hydrogen-bond donors (Lipinski definition) is 2. The van der Waals surface area contributed by atoms with Crippen LogP contribution >= 0.6 is 0 Å². The van der Waals surface area contributed by atoms with Gasteiger partial charge in [-0.25, -0.2) is 0 Å². The summed E-state index contributed by atoms with van der Waals surface area (Å²) in [6.07, 6.45) is -0.679. The maximum atomic E-state index is 12.5. The highest BCUT2D eigenvalue weighted by molar-refractivity contribution is 6.04. The lowest BCUT2D eigenvalue weighted by atomic mass is 10.1. The van der Waals surface area contributed by atoms with E-state index in [2.05, 4.69) is 10.6 Å². The summed E-state index contributed by atoms with van der Waals surface area (Å²) in [7, 11) is 0. The average molecular weight is 402 g/mol. The fourth-order valence-electron chi connectivity index (χ4n) is 2.97. The first-order valence-electron chi connectivity index (χ1n) is 9.84. The highest BCUT2D eigenvalue weighted by Crippen LogP contribution is 2.19. The first-order valence-corrected chi connectivity index (χ1v) is 9.84. The van der Waals surface area contributed by atoms with Crippen molar-refractivity contribution < 1.29 is 14.3 Å². The summed E-state index contributed by atoms with van der Waals surface area (Å²) >= 11 is 0. The van der Waals surface area contributed by atoms with E-state index in [1.54, 1.807) is 31.2 Å². The summed E-state index contributed by atoms with van der Waals surface area (Å²) in [5.74, 6) is 0.0822. The van der Waals surface area contributed by atoms with Crippen LogP contribution in [0.1, 0.15) is 34.0 Å². The summed E-state index contributed by atoms with van der Waals surface area (Å²) in [6.45, 7) is 7.65. The molecule has 3 rings (SSSR count). The van der Waals surface area contributed by atoms with Crippen LogP contribution in [-0.2, 0) is 4.79 Å². The number of rotatable bonds is 6. The van der Waals surface area contributed by atoms with Gasteiger partial charge in [0.1, 0.15) is 5.75 Å². The predicted octanol–water partition coefficient (Wildman–Crippen LogP) is 5.27. The Bertz CT molecular complexity index is 1040. The van der Waals surface area contributed by atoms with Gasteiger partial charge in [0.25, 0.3) is 11.8 Å². The number of amides is 2. The molecule has 0 heterocycles. The van der Waals surface area contributed by atoms with E-state index in [1.807, 2.05) is 63.2 Å². The van der Waals surface area contributed by atoms with Crippen LogP contribution in [-0.4, -0.2) is 17.9 Å². The molecule has 3 aromatic rings. The Kier molecular flexibility index (Phi) is 6.52. The molecule has 0 aliphatic carbocycles. The molecule has 0 saturated carbocycles. The van der Waals surface area contributed by atoms with Crippen LogP contribution in [0.5, 0.6) is 5.75 Å². The molecule has 2 amide bonds. The van der Waals surface area contributed by atoms with Crippen molar-refractivity contribution in [3.63, 3.8) is 0 Å². The third-order valence-electron chi connectivity index (χ3n) is 4.75. The molecule has 0 aromatic heterocycles. The second kappa shape index (κ2) is 9.27. The standard InChI is InChI=1S/C25H26N2O3/c1-16-5-10-21(11-6-16)26-24(28)19(4)30-22-12-8-20(9-13-22)25(29)27-23-14-7-17(2)15-18(23)3/h5-15,19H,1-4H3,(H,26,28)(H,27,29)/t19-/m0/s1. The van der Waals surface area contributed by atoms with Gasteiger partial charge in [0.15, 0.2) is 6.10 Å². The zero-order valence-corrected chi connectivity index (χ0v) is 17.7. The van der Waals surface area contributed by atoms with Crippen LogP contribution in [0.25, 0.3) is 0 Å². The van der Waals surface area contributed by atoms with E-state index in [9.17, 15) is 9.59 Å². The van der Waals surface area contributed by atoms with Crippen molar-refractivity contribution in [3.05, 3.63) is 89.0 Å². The first-order chi connectivity index (χ1) is 14.3. The molecule has 2 N–H and O–H groups in total. The van der Waals surface area contributed by atoms with Crippen LogP contribution in [0.2, 0.25) is 0 Å². The quantitative estimate of drug-likeness (QED) is 0.590. The van der Waals surface area contributed by atoms with Crippen molar-refractivity contribution >= 4 is 23.2 Å². The fraction of sp³-hybridized carbons (Fsp3) is 0.200. The molecule has 0 spiro atoms. The van der Waals surface area contributed by atoms with Gasteiger partial charge < -0.3 is 15.4 Å². The lowest BCUT2D eigenvalue weighted by Gasteiger charge is -2.15. The molecule has 0 aliphatic heterocycles. The lowest BCUT2D eigenvalue weighted by Crippen LogP contribution is -2.30. The van der Waals surface area contributed by atoms with Crippen LogP contribution in [0.4, 0.5) is 11.4 Å². The van der Waals surface area contributed by atoms with Gasteiger partial charge in [-0.3, -0.25) is 9.59 Å². The van der Waals surface area contributed by atoms with Crippen molar-refractivity contribution in [1.29, 1.82) is 0 Å². The summed E-state index contributed by atoms with van der Waals surface area (Å²) in [5, 5.41) is 5.75. The van der Waals surface area contributed by atoms with Gasteiger partial charge in [-0.1, -0.05) is 35.4 Å². The Morgan fingerprint density at radius 3 is 2.07 bits per heavy atom. The van der Waals surface area contributed by atoms with Crippen LogP contribution in [0.15, 0.2) is 66.7 Å². The number of aryl methyl sites for hydroxylation is 3. The highest BCUT2D eigenvalue weighted by Gasteiger charge is 2.15. The normalized spacial score (nSPS) is 11.5. The highest BCUT2D eigenvalue weighted by atomic mass is 16.5. The Morgan fingerprint density at radius 2 is 1.43 bits per heavy atom. The van der Waals surface area contributed by atoms with Gasteiger partial charge in [-0.15, -0.1) is 0 Å². The van der Waals surface area contributed by atoms with E-state index >= 15 is 0 Å². The number of ether oxygens (including phenoxy) is 1. The van der Waals surface area contributed by atoms with Gasteiger partial charge in [-0.05, 0) is 75.7 Å². The van der Waals surface area contributed by atoms with Crippen LogP contribution in [0.3, 0.4) is 0 Å². The zero-order chi connectivity index (χ0) is 21.7. The smallest absolute Gasteiger partial charge is 0.265 e. The molecule has 5 heteroatoms. The van der Waals surface area contributed by atoms with E-state index in [0.29, 0.717) is 11.3 Å².